The summed E-state index contributed by atoms with van der Waals surface area (Å²) < 4.78 is 0.633. The van der Waals surface area contributed by atoms with Crippen molar-refractivity contribution in [1.29, 1.82) is 0 Å². The molecule has 100 valence electrons. The lowest BCUT2D eigenvalue weighted by Crippen LogP contribution is -2.29. The van der Waals surface area contributed by atoms with Crippen molar-refractivity contribution in [2.75, 3.05) is 7.05 Å². The van der Waals surface area contributed by atoms with Crippen LogP contribution in [0.2, 0.25) is 0 Å². The zero-order valence-electron chi connectivity index (χ0n) is 10.8. The second-order valence-corrected chi connectivity index (χ2v) is 6.08. The van der Waals surface area contributed by atoms with E-state index in [9.17, 15) is 9.59 Å². The summed E-state index contributed by atoms with van der Waals surface area (Å²) in [6.07, 6.45) is 0.969. The lowest BCUT2D eigenvalue weighted by molar-refractivity contribution is -0.132. The SMILES string of the molecule is CC1CC1C(=O)N(C)Cc1nc2ccsc2c(=O)[nH]1. The van der Waals surface area contributed by atoms with Gasteiger partial charge in [0.15, 0.2) is 0 Å². The maximum absolute atomic E-state index is 12.0. The minimum Gasteiger partial charge on any atom is -0.338 e. The topological polar surface area (TPSA) is 66.1 Å². The fourth-order valence-corrected chi connectivity index (χ4v) is 2.97. The third-order valence-electron chi connectivity index (χ3n) is 3.55. The van der Waals surface area contributed by atoms with Crippen LogP contribution in [0.4, 0.5) is 0 Å². The van der Waals surface area contributed by atoms with Crippen LogP contribution >= 0.6 is 11.3 Å². The van der Waals surface area contributed by atoms with Crippen LogP contribution in [-0.4, -0.2) is 27.8 Å². The Labute approximate surface area is 114 Å². The number of H-pyrrole nitrogens is 1. The molecule has 2 unspecified atom stereocenters. The molecule has 5 nitrogen and oxygen atoms in total. The number of hydrogen-bond donors (Lipinski definition) is 1. The highest BCUT2D eigenvalue weighted by Gasteiger charge is 2.40. The number of rotatable bonds is 3. The van der Waals surface area contributed by atoms with E-state index < -0.39 is 0 Å². The van der Waals surface area contributed by atoms with Gasteiger partial charge in [-0.25, -0.2) is 4.98 Å². The van der Waals surface area contributed by atoms with Gasteiger partial charge in [-0.3, -0.25) is 9.59 Å². The molecule has 2 aromatic rings. The highest BCUT2D eigenvalue weighted by Crippen LogP contribution is 2.39. The number of nitrogens with one attached hydrogen (secondary N) is 1. The monoisotopic (exact) mass is 277 g/mol. The van der Waals surface area contributed by atoms with E-state index in [2.05, 4.69) is 16.9 Å². The minimum absolute atomic E-state index is 0.129. The van der Waals surface area contributed by atoms with Gasteiger partial charge in [0, 0.05) is 13.0 Å². The average Bonchev–Trinajstić information content (AvgIpc) is 2.89. The van der Waals surface area contributed by atoms with Crippen molar-refractivity contribution in [3.05, 3.63) is 27.6 Å². The lowest BCUT2D eigenvalue weighted by Gasteiger charge is -2.16. The van der Waals surface area contributed by atoms with E-state index in [1.165, 1.54) is 11.3 Å². The number of carbonyl (C=O) groups is 1. The van der Waals surface area contributed by atoms with Crippen molar-refractivity contribution < 1.29 is 4.79 Å². The predicted octanol–water partition coefficient (Wildman–Crippen LogP) is 1.60. The first-order chi connectivity index (χ1) is 9.06. The Bertz CT molecular complexity index is 690. The molecule has 1 fully saturated rings. The number of thiophene rings is 1. The fraction of sp³-hybridized carbons (Fsp3) is 0.462. The number of fused-ring (bicyclic) bond motifs is 1. The van der Waals surface area contributed by atoms with Crippen LogP contribution in [0.5, 0.6) is 0 Å². The van der Waals surface area contributed by atoms with Crippen LogP contribution in [0.15, 0.2) is 16.2 Å². The summed E-state index contributed by atoms with van der Waals surface area (Å²) in [5.74, 6) is 1.32. The lowest BCUT2D eigenvalue weighted by atomic mass is 10.3. The molecular formula is C13H15N3O2S. The molecule has 0 bridgehead atoms. The van der Waals surface area contributed by atoms with Crippen LogP contribution in [-0.2, 0) is 11.3 Å². The van der Waals surface area contributed by atoms with Gasteiger partial charge in [-0.2, -0.15) is 0 Å². The highest BCUT2D eigenvalue weighted by molar-refractivity contribution is 7.17. The molecule has 0 saturated heterocycles. The third-order valence-corrected chi connectivity index (χ3v) is 4.46. The maximum atomic E-state index is 12.0. The molecule has 2 atom stereocenters. The van der Waals surface area contributed by atoms with E-state index >= 15 is 0 Å². The molecule has 1 aliphatic carbocycles. The van der Waals surface area contributed by atoms with E-state index in [-0.39, 0.29) is 17.4 Å². The molecule has 0 radical (unpaired) electrons. The van der Waals surface area contributed by atoms with Crippen LogP contribution in [0.1, 0.15) is 19.2 Å². The van der Waals surface area contributed by atoms with E-state index in [0.29, 0.717) is 28.5 Å². The molecule has 19 heavy (non-hydrogen) atoms. The van der Waals surface area contributed by atoms with Gasteiger partial charge in [-0.15, -0.1) is 11.3 Å². The molecule has 1 N–H and O–H groups in total. The van der Waals surface area contributed by atoms with Gasteiger partial charge < -0.3 is 9.88 Å². The van der Waals surface area contributed by atoms with Crippen LogP contribution in [0.25, 0.3) is 10.2 Å². The summed E-state index contributed by atoms with van der Waals surface area (Å²) in [5, 5.41) is 1.84. The van der Waals surface area contributed by atoms with Crippen molar-refractivity contribution in [3.8, 4) is 0 Å². The Morgan fingerprint density at radius 1 is 1.63 bits per heavy atom. The smallest absolute Gasteiger partial charge is 0.268 e. The van der Waals surface area contributed by atoms with Gasteiger partial charge >= 0.3 is 0 Å². The number of hydrogen-bond acceptors (Lipinski definition) is 4. The Morgan fingerprint density at radius 3 is 3.05 bits per heavy atom. The minimum atomic E-state index is -0.129. The highest BCUT2D eigenvalue weighted by atomic mass is 32.1. The Morgan fingerprint density at radius 2 is 2.37 bits per heavy atom. The van der Waals surface area contributed by atoms with Gasteiger partial charge in [0.25, 0.3) is 5.56 Å². The number of aromatic nitrogens is 2. The molecular weight excluding hydrogens is 262 g/mol. The number of carbonyl (C=O) groups excluding carboxylic acids is 1. The summed E-state index contributed by atoms with van der Waals surface area (Å²) in [6.45, 7) is 2.43. The van der Waals surface area contributed by atoms with Crippen molar-refractivity contribution in [3.63, 3.8) is 0 Å². The van der Waals surface area contributed by atoms with Gasteiger partial charge in [0.1, 0.15) is 10.5 Å². The Balaban J connectivity index is 1.81. The number of amides is 1. The fourth-order valence-electron chi connectivity index (χ4n) is 2.25. The third kappa shape index (κ3) is 2.28. The van der Waals surface area contributed by atoms with E-state index in [4.69, 9.17) is 0 Å². The first-order valence-electron chi connectivity index (χ1n) is 6.27. The molecule has 1 amide bonds. The molecule has 2 heterocycles. The number of nitrogens with zero attached hydrogens (tertiary/aromatic N) is 2. The molecule has 3 rings (SSSR count). The Kier molecular flexibility index (Phi) is 2.89. The van der Waals surface area contributed by atoms with Crippen molar-refractivity contribution in [1.82, 2.24) is 14.9 Å². The molecule has 0 aliphatic heterocycles. The summed E-state index contributed by atoms with van der Waals surface area (Å²) >= 11 is 1.38. The van der Waals surface area contributed by atoms with Crippen LogP contribution in [0, 0.1) is 11.8 Å². The standard InChI is InChI=1S/C13H15N3O2S/c1-7-5-8(7)13(18)16(2)6-10-14-9-3-4-19-11(9)12(17)15-10/h3-4,7-8H,5-6H2,1-2H3,(H,14,15,17). The first-order valence-corrected chi connectivity index (χ1v) is 7.15. The number of aromatic amines is 1. The van der Waals surface area contributed by atoms with Crippen molar-refractivity contribution in [2.45, 2.75) is 19.9 Å². The second kappa shape index (κ2) is 4.45. The molecule has 0 spiro atoms. The molecule has 2 aromatic heterocycles. The van der Waals surface area contributed by atoms with Gasteiger partial charge in [-0.05, 0) is 23.8 Å². The summed E-state index contributed by atoms with van der Waals surface area (Å²) in [4.78, 5) is 32.6. The van der Waals surface area contributed by atoms with Gasteiger partial charge in [-0.1, -0.05) is 6.92 Å². The zero-order valence-corrected chi connectivity index (χ0v) is 11.7. The van der Waals surface area contributed by atoms with Gasteiger partial charge in [0.05, 0.1) is 12.1 Å². The quantitative estimate of drug-likeness (QED) is 0.926. The van der Waals surface area contributed by atoms with E-state index in [1.807, 2.05) is 11.4 Å². The zero-order chi connectivity index (χ0) is 13.6. The predicted molar refractivity (Wildman–Crippen MR) is 74.0 cm³/mol. The molecule has 1 saturated carbocycles. The van der Waals surface area contributed by atoms with E-state index in [1.54, 1.807) is 11.9 Å². The van der Waals surface area contributed by atoms with Crippen LogP contribution < -0.4 is 5.56 Å². The first kappa shape index (κ1) is 12.3. The largest absolute Gasteiger partial charge is 0.338 e. The second-order valence-electron chi connectivity index (χ2n) is 5.16. The van der Waals surface area contributed by atoms with Gasteiger partial charge in [0.2, 0.25) is 5.91 Å². The van der Waals surface area contributed by atoms with Crippen molar-refractivity contribution >= 4 is 27.5 Å². The van der Waals surface area contributed by atoms with Crippen LogP contribution in [0.3, 0.4) is 0 Å². The summed E-state index contributed by atoms with van der Waals surface area (Å²) in [7, 11) is 1.76. The summed E-state index contributed by atoms with van der Waals surface area (Å²) in [5.41, 5.74) is 0.569. The Hall–Kier alpha value is -1.69. The molecule has 6 heteroatoms. The van der Waals surface area contributed by atoms with Crippen molar-refractivity contribution in [2.24, 2.45) is 11.8 Å². The molecule has 0 aromatic carbocycles. The van der Waals surface area contributed by atoms with E-state index in [0.717, 1.165) is 6.42 Å². The maximum Gasteiger partial charge on any atom is 0.268 e. The normalized spacial score (nSPS) is 21.6. The summed E-state index contributed by atoms with van der Waals surface area (Å²) in [6, 6.07) is 1.82. The average molecular weight is 277 g/mol. The molecule has 1 aliphatic rings.